The van der Waals surface area contributed by atoms with Crippen LogP contribution in [0.4, 0.5) is 0 Å². The van der Waals surface area contributed by atoms with Gasteiger partial charge in [-0.2, -0.15) is 0 Å². The highest BCUT2D eigenvalue weighted by molar-refractivity contribution is 6.01. The van der Waals surface area contributed by atoms with Gasteiger partial charge in [0.2, 0.25) is 0 Å². The van der Waals surface area contributed by atoms with Gasteiger partial charge in [0.1, 0.15) is 17.6 Å². The van der Waals surface area contributed by atoms with Crippen molar-refractivity contribution in [2.45, 2.75) is 19.4 Å². The summed E-state index contributed by atoms with van der Waals surface area (Å²) in [5.41, 5.74) is 3.28. The van der Waals surface area contributed by atoms with Crippen molar-refractivity contribution < 1.29 is 14.3 Å². The highest BCUT2D eigenvalue weighted by Gasteiger charge is 2.30. The van der Waals surface area contributed by atoms with Gasteiger partial charge in [-0.15, -0.1) is 0 Å². The maximum atomic E-state index is 12.6. The molecule has 122 valence electrons. The Bertz CT molecular complexity index is 803. The lowest BCUT2D eigenvalue weighted by Gasteiger charge is -2.27. The third-order valence-electron chi connectivity index (χ3n) is 4.01. The summed E-state index contributed by atoms with van der Waals surface area (Å²) in [6.45, 7) is 5.79. The summed E-state index contributed by atoms with van der Waals surface area (Å²) in [7, 11) is 1.61. The zero-order chi connectivity index (χ0) is 17.1. The first-order valence-corrected chi connectivity index (χ1v) is 7.89. The first-order valence-electron chi connectivity index (χ1n) is 7.89. The minimum Gasteiger partial charge on any atom is -0.496 e. The Kier molecular flexibility index (Phi) is 4.52. The van der Waals surface area contributed by atoms with E-state index in [0.717, 1.165) is 16.7 Å². The maximum absolute atomic E-state index is 12.6. The van der Waals surface area contributed by atoms with Gasteiger partial charge in [0.15, 0.2) is 5.78 Å². The molecule has 0 aromatic heterocycles. The van der Waals surface area contributed by atoms with Crippen LogP contribution in [-0.2, 0) is 0 Å². The summed E-state index contributed by atoms with van der Waals surface area (Å²) >= 11 is 0. The molecular weight excluding hydrogens is 300 g/mol. The quantitative estimate of drug-likeness (QED) is 0.744. The molecule has 1 unspecified atom stereocenters. The molecule has 0 saturated carbocycles. The van der Waals surface area contributed by atoms with Crippen LogP contribution < -0.4 is 9.47 Å². The molecule has 2 aromatic rings. The maximum Gasteiger partial charge on any atom is 0.170 e. The van der Waals surface area contributed by atoms with Crippen LogP contribution in [0.2, 0.25) is 0 Å². The van der Waals surface area contributed by atoms with Crippen molar-refractivity contribution in [2.75, 3.05) is 7.11 Å². The number of fused-ring (bicyclic) bond motifs is 1. The van der Waals surface area contributed by atoms with E-state index in [1.807, 2.05) is 49.4 Å². The van der Waals surface area contributed by atoms with Crippen LogP contribution in [-0.4, -0.2) is 12.9 Å². The molecule has 1 atom stereocenters. The van der Waals surface area contributed by atoms with Gasteiger partial charge in [-0.3, -0.25) is 4.79 Å². The standard InChI is InChI=1S/C21H20O3/c1-14(2)9-10-17-19(23-3)12-11-16-18(22)13-20(24-21(16)17)15-7-5-4-6-8-15/h4-12,20H,1,13H2,2-3H3/b10-9+. The molecule has 0 amide bonds. The number of ether oxygens (including phenoxy) is 2. The van der Waals surface area contributed by atoms with Crippen LogP contribution in [0, 0.1) is 0 Å². The minimum atomic E-state index is -0.282. The van der Waals surface area contributed by atoms with E-state index in [0.29, 0.717) is 23.5 Å². The van der Waals surface area contributed by atoms with Crippen molar-refractivity contribution >= 4 is 11.9 Å². The molecule has 1 aliphatic heterocycles. The second-order valence-corrected chi connectivity index (χ2v) is 5.88. The first-order chi connectivity index (χ1) is 11.6. The number of Topliss-reactive ketones (excluding diaryl/α,β-unsaturated/α-hetero) is 1. The number of hydrogen-bond donors (Lipinski definition) is 0. The van der Waals surface area contributed by atoms with E-state index in [1.54, 1.807) is 19.2 Å². The second kappa shape index (κ2) is 6.75. The van der Waals surface area contributed by atoms with E-state index in [9.17, 15) is 4.79 Å². The Morgan fingerprint density at radius 2 is 2.00 bits per heavy atom. The third kappa shape index (κ3) is 3.11. The van der Waals surface area contributed by atoms with E-state index in [-0.39, 0.29) is 11.9 Å². The molecule has 0 spiro atoms. The summed E-state index contributed by atoms with van der Waals surface area (Å²) in [5, 5.41) is 0. The average molecular weight is 320 g/mol. The van der Waals surface area contributed by atoms with Gasteiger partial charge in [-0.05, 0) is 30.7 Å². The Labute approximate surface area is 142 Å². The van der Waals surface area contributed by atoms with Crippen molar-refractivity contribution in [3.8, 4) is 11.5 Å². The highest BCUT2D eigenvalue weighted by Crippen LogP contribution is 2.41. The highest BCUT2D eigenvalue weighted by atomic mass is 16.5. The third-order valence-corrected chi connectivity index (χ3v) is 4.01. The lowest BCUT2D eigenvalue weighted by molar-refractivity contribution is 0.0849. The molecule has 0 aliphatic carbocycles. The number of carbonyl (C=O) groups is 1. The molecule has 3 nitrogen and oxygen atoms in total. The normalized spacial score (nSPS) is 16.6. The molecule has 2 aromatic carbocycles. The Morgan fingerprint density at radius 1 is 1.25 bits per heavy atom. The molecular formula is C21H20O3. The minimum absolute atomic E-state index is 0.0812. The van der Waals surface area contributed by atoms with E-state index in [2.05, 4.69) is 6.58 Å². The molecule has 3 heteroatoms. The smallest absolute Gasteiger partial charge is 0.170 e. The lowest BCUT2D eigenvalue weighted by Crippen LogP contribution is -2.21. The number of hydrogen-bond acceptors (Lipinski definition) is 3. The molecule has 0 bridgehead atoms. The monoisotopic (exact) mass is 320 g/mol. The number of methoxy groups -OCH3 is 1. The number of carbonyl (C=O) groups excluding carboxylic acids is 1. The largest absolute Gasteiger partial charge is 0.496 e. The molecule has 24 heavy (non-hydrogen) atoms. The Hall–Kier alpha value is -2.81. The lowest BCUT2D eigenvalue weighted by atomic mass is 9.94. The van der Waals surface area contributed by atoms with Crippen LogP contribution in [0.5, 0.6) is 11.5 Å². The van der Waals surface area contributed by atoms with Crippen molar-refractivity contribution in [1.29, 1.82) is 0 Å². The summed E-state index contributed by atoms with van der Waals surface area (Å²) in [5.74, 6) is 1.34. The van der Waals surface area contributed by atoms with Crippen LogP contribution in [0.25, 0.3) is 6.08 Å². The van der Waals surface area contributed by atoms with Gasteiger partial charge >= 0.3 is 0 Å². The number of rotatable bonds is 4. The van der Waals surface area contributed by atoms with Crippen molar-refractivity contribution in [3.63, 3.8) is 0 Å². The van der Waals surface area contributed by atoms with Crippen LogP contribution in [0.15, 0.2) is 60.7 Å². The predicted octanol–water partition coefficient (Wildman–Crippen LogP) is 4.99. The molecule has 1 aliphatic rings. The fraction of sp³-hybridized carbons (Fsp3) is 0.190. The van der Waals surface area contributed by atoms with Crippen LogP contribution >= 0.6 is 0 Å². The molecule has 0 fully saturated rings. The second-order valence-electron chi connectivity index (χ2n) is 5.88. The van der Waals surface area contributed by atoms with Gasteiger partial charge in [-0.25, -0.2) is 0 Å². The zero-order valence-corrected chi connectivity index (χ0v) is 13.9. The van der Waals surface area contributed by atoms with Gasteiger partial charge in [-0.1, -0.05) is 48.6 Å². The fourth-order valence-corrected chi connectivity index (χ4v) is 2.81. The van der Waals surface area contributed by atoms with Gasteiger partial charge in [0.05, 0.1) is 24.7 Å². The molecule has 1 heterocycles. The SMILES string of the molecule is C=C(C)/C=C/c1c(OC)ccc2c1OC(c1ccccc1)CC2=O. The summed E-state index contributed by atoms with van der Waals surface area (Å²) in [6, 6.07) is 13.4. The Balaban J connectivity index is 2.08. The summed E-state index contributed by atoms with van der Waals surface area (Å²) in [6.07, 6.45) is 3.83. The average Bonchev–Trinajstić information content (AvgIpc) is 2.60. The molecule has 3 rings (SSSR count). The van der Waals surface area contributed by atoms with E-state index >= 15 is 0 Å². The van der Waals surface area contributed by atoms with Crippen molar-refractivity contribution in [2.24, 2.45) is 0 Å². The van der Waals surface area contributed by atoms with E-state index < -0.39 is 0 Å². The summed E-state index contributed by atoms with van der Waals surface area (Å²) < 4.78 is 11.7. The van der Waals surface area contributed by atoms with Gasteiger partial charge in [0, 0.05) is 0 Å². The first kappa shape index (κ1) is 16.1. The predicted molar refractivity (Wildman–Crippen MR) is 95.6 cm³/mol. The van der Waals surface area contributed by atoms with E-state index in [4.69, 9.17) is 9.47 Å². The fourth-order valence-electron chi connectivity index (χ4n) is 2.81. The summed E-state index contributed by atoms with van der Waals surface area (Å²) in [4.78, 5) is 12.6. The van der Waals surface area contributed by atoms with Crippen LogP contribution in [0.3, 0.4) is 0 Å². The number of ketones is 1. The number of allylic oxidation sites excluding steroid dienone is 2. The van der Waals surface area contributed by atoms with Crippen molar-refractivity contribution in [3.05, 3.63) is 77.4 Å². The molecule has 0 saturated heterocycles. The zero-order valence-electron chi connectivity index (χ0n) is 13.9. The van der Waals surface area contributed by atoms with Crippen LogP contribution in [0.1, 0.15) is 40.9 Å². The van der Waals surface area contributed by atoms with Gasteiger partial charge in [0.25, 0.3) is 0 Å². The Morgan fingerprint density at radius 3 is 2.67 bits per heavy atom. The van der Waals surface area contributed by atoms with E-state index in [1.165, 1.54) is 0 Å². The van der Waals surface area contributed by atoms with Gasteiger partial charge < -0.3 is 9.47 Å². The topological polar surface area (TPSA) is 35.5 Å². The number of benzene rings is 2. The van der Waals surface area contributed by atoms with Crippen molar-refractivity contribution in [1.82, 2.24) is 0 Å². The molecule has 0 radical (unpaired) electrons. The molecule has 0 N–H and O–H groups in total.